The Labute approximate surface area is 71.1 Å². The number of nitrogens with one attached hydrogen (secondary N) is 1. The van der Waals surface area contributed by atoms with Crippen LogP contribution in [0.2, 0.25) is 0 Å². The number of hydrogen-bond donors (Lipinski definition) is 2. The average molecular weight is 335 g/mol. The summed E-state index contributed by atoms with van der Waals surface area (Å²) in [5, 5.41) is 0. The highest BCUT2D eigenvalue weighted by Gasteiger charge is 2.00. The van der Waals surface area contributed by atoms with Gasteiger partial charge in [0, 0.05) is 0 Å². The van der Waals surface area contributed by atoms with Crippen LogP contribution in [-0.4, -0.2) is 8.23 Å². The van der Waals surface area contributed by atoms with Gasteiger partial charge in [-0.3, -0.25) is 5.73 Å². The van der Waals surface area contributed by atoms with Crippen LogP contribution in [0.3, 0.4) is 0 Å². The first-order valence-electron chi connectivity index (χ1n) is 1.99. The molecule has 0 saturated carbocycles. The molecule has 0 amide bonds. The highest BCUT2D eigenvalue weighted by molar-refractivity contribution is 14.2. The summed E-state index contributed by atoms with van der Waals surface area (Å²) in [5.74, 6) is 0.788. The summed E-state index contributed by atoms with van der Waals surface area (Å²) < 4.78 is 5.39. The number of hydrogen-bond acceptors (Lipinski definition) is 1. The monoisotopic (exact) mass is 335 g/mol. The minimum Gasteiger partial charge on any atom is -0.286 e. The molecule has 0 fully saturated rings. The maximum atomic E-state index is 5.49. The zero-order valence-corrected chi connectivity index (χ0v) is 8.30. The number of halogens is 2. The Hall–Kier alpha value is 0.540. The molecular weight excluding hydrogens is 330 g/mol. The molecule has 0 aromatic rings. The molecule has 0 aromatic carbocycles. The van der Waals surface area contributed by atoms with Crippen LogP contribution in [0.5, 0.6) is 0 Å². The molecule has 3 N–H and O–H groups in total. The van der Waals surface area contributed by atoms with E-state index in [1.807, 2.05) is 4.22 Å². The molecule has 0 spiro atoms. The lowest BCUT2D eigenvalue weighted by atomic mass is 10.6. The molecular formula is C4H5I2N2+. The van der Waals surface area contributed by atoms with Crippen LogP contribution >= 0.6 is 43.3 Å². The van der Waals surface area contributed by atoms with Crippen molar-refractivity contribution in [3.05, 3.63) is 9.40 Å². The lowest BCUT2D eigenvalue weighted by molar-refractivity contribution is -0.389. The predicted molar refractivity (Wildman–Crippen MR) is 52.3 cm³/mol. The minimum atomic E-state index is 0.141. The summed E-state index contributed by atoms with van der Waals surface area (Å²) in [6.07, 6.45) is 0. The highest BCUT2D eigenvalue weighted by atomic mass is 127. The van der Waals surface area contributed by atoms with Crippen molar-refractivity contribution in [2.75, 3.05) is 0 Å². The van der Waals surface area contributed by atoms with Crippen molar-refractivity contribution >= 4 is 51.6 Å². The SMILES string of the molecule is NC1=C(I)C=IC=[NH+]1. The van der Waals surface area contributed by atoms with Crippen molar-refractivity contribution in [1.29, 1.82) is 0 Å². The van der Waals surface area contributed by atoms with Crippen LogP contribution in [-0.2, 0) is 0 Å². The zero-order chi connectivity index (χ0) is 5.98. The van der Waals surface area contributed by atoms with Crippen molar-refractivity contribution in [3.63, 3.8) is 0 Å². The van der Waals surface area contributed by atoms with Crippen LogP contribution in [0, 0.1) is 0 Å². The Morgan fingerprint density at radius 1 is 1.75 bits per heavy atom. The molecule has 0 radical (unpaired) electrons. The Balaban J connectivity index is 2.97. The van der Waals surface area contributed by atoms with Gasteiger partial charge in [0.05, 0.1) is 0 Å². The second kappa shape index (κ2) is 2.90. The summed E-state index contributed by atoms with van der Waals surface area (Å²) in [5.41, 5.74) is 5.49. The normalized spacial score (nSPS) is 18.6. The highest BCUT2D eigenvalue weighted by Crippen LogP contribution is 2.06. The smallest absolute Gasteiger partial charge is 0.284 e. The molecule has 0 atom stereocenters. The summed E-state index contributed by atoms with van der Waals surface area (Å²) >= 11 is 2.37. The van der Waals surface area contributed by atoms with Crippen LogP contribution in [0.25, 0.3) is 0 Å². The van der Waals surface area contributed by atoms with Gasteiger partial charge in [0.15, 0.2) is 0 Å². The molecule has 8 heavy (non-hydrogen) atoms. The third-order valence-electron chi connectivity index (χ3n) is 0.689. The first-order chi connectivity index (χ1) is 3.80. The Bertz CT molecular complexity index is 160. The van der Waals surface area contributed by atoms with Gasteiger partial charge in [-0.15, -0.1) is 0 Å². The average Bonchev–Trinajstić information content (AvgIpc) is 1.77. The largest absolute Gasteiger partial charge is 0.286 e. The molecule has 2 nitrogen and oxygen atoms in total. The van der Waals surface area contributed by atoms with Gasteiger partial charge in [0.2, 0.25) is 0 Å². The molecule has 44 valence electrons. The Kier molecular flexibility index (Phi) is 2.42. The van der Waals surface area contributed by atoms with Crippen molar-refractivity contribution in [1.82, 2.24) is 0 Å². The maximum Gasteiger partial charge on any atom is 0.284 e. The van der Waals surface area contributed by atoms with Gasteiger partial charge in [-0.05, 0) is 47.3 Å². The van der Waals surface area contributed by atoms with E-state index < -0.39 is 0 Å². The summed E-state index contributed by atoms with van der Waals surface area (Å²) in [7, 11) is 0. The fourth-order valence-corrected chi connectivity index (χ4v) is 2.72. The second-order valence-corrected chi connectivity index (χ2v) is 4.38. The molecule has 0 aromatic heterocycles. The lowest BCUT2D eigenvalue weighted by Crippen LogP contribution is -2.69. The van der Waals surface area contributed by atoms with Gasteiger partial charge >= 0.3 is 0 Å². The zero-order valence-electron chi connectivity index (χ0n) is 3.99. The van der Waals surface area contributed by atoms with Crippen LogP contribution in [0.15, 0.2) is 9.40 Å². The standard InChI is InChI=1S/C4H4I2N2/c5-3-1-6-2-8-4(3)7/h1-2H,(H2,7,8)/p+1. The first kappa shape index (κ1) is 6.66. The molecule has 0 bridgehead atoms. The third-order valence-corrected chi connectivity index (χ3v) is 4.43. The van der Waals surface area contributed by atoms with Crippen LogP contribution in [0.1, 0.15) is 0 Å². The summed E-state index contributed by atoms with van der Waals surface area (Å²) in [6.45, 7) is 0. The fraction of sp³-hybridized carbons (Fsp3) is 0. The van der Waals surface area contributed by atoms with Crippen molar-refractivity contribution < 1.29 is 4.99 Å². The van der Waals surface area contributed by atoms with E-state index in [4.69, 9.17) is 5.73 Å². The van der Waals surface area contributed by atoms with E-state index in [2.05, 4.69) is 31.6 Å². The number of nitrogens with two attached hydrogens (primary N) is 1. The Morgan fingerprint density at radius 2 is 2.50 bits per heavy atom. The summed E-state index contributed by atoms with van der Waals surface area (Å²) in [6, 6.07) is 0. The molecule has 1 aliphatic heterocycles. The molecule has 0 unspecified atom stereocenters. The van der Waals surface area contributed by atoms with Gasteiger partial charge in [0.25, 0.3) is 5.82 Å². The van der Waals surface area contributed by atoms with Crippen molar-refractivity contribution in [2.45, 2.75) is 0 Å². The second-order valence-electron chi connectivity index (χ2n) is 1.25. The Morgan fingerprint density at radius 3 is 2.88 bits per heavy atom. The van der Waals surface area contributed by atoms with Crippen molar-refractivity contribution in [3.8, 4) is 0 Å². The molecule has 0 saturated heterocycles. The van der Waals surface area contributed by atoms with Gasteiger partial charge in [-0.1, -0.05) is 0 Å². The molecule has 1 aliphatic rings. The van der Waals surface area contributed by atoms with E-state index in [1.165, 1.54) is 0 Å². The number of rotatable bonds is 0. The summed E-state index contributed by atoms with van der Waals surface area (Å²) in [4.78, 5) is 2.97. The molecule has 1 rings (SSSR count). The molecule has 0 aliphatic carbocycles. The van der Waals surface area contributed by atoms with E-state index in [9.17, 15) is 0 Å². The van der Waals surface area contributed by atoms with Gasteiger partial charge in [-0.2, -0.15) is 0 Å². The molecule has 4 heteroatoms. The predicted octanol–water partition coefficient (Wildman–Crippen LogP) is -0.555. The third kappa shape index (κ3) is 1.51. The van der Waals surface area contributed by atoms with Crippen molar-refractivity contribution in [2.24, 2.45) is 5.73 Å². The van der Waals surface area contributed by atoms with E-state index in [1.54, 1.807) is 0 Å². The van der Waals surface area contributed by atoms with Gasteiger partial charge in [-0.25, -0.2) is 4.99 Å². The van der Waals surface area contributed by atoms with E-state index in [0.717, 1.165) is 9.40 Å². The van der Waals surface area contributed by atoms with Crippen LogP contribution in [0.4, 0.5) is 0 Å². The fourth-order valence-electron chi connectivity index (χ4n) is 0.305. The van der Waals surface area contributed by atoms with E-state index in [0.29, 0.717) is 0 Å². The molecule has 1 heterocycles. The van der Waals surface area contributed by atoms with Gasteiger partial charge in [0.1, 0.15) is 7.80 Å². The number of allylic oxidation sites excluding steroid dienone is 1. The topological polar surface area (TPSA) is 40.0 Å². The first-order valence-corrected chi connectivity index (χ1v) is 5.56. The quantitative estimate of drug-likeness (QED) is 0.573. The van der Waals surface area contributed by atoms with E-state index in [-0.39, 0.29) is 20.7 Å². The van der Waals surface area contributed by atoms with Gasteiger partial charge < -0.3 is 0 Å². The van der Waals surface area contributed by atoms with Crippen LogP contribution < -0.4 is 10.7 Å². The lowest BCUT2D eigenvalue weighted by Gasteiger charge is -1.90. The van der Waals surface area contributed by atoms with E-state index >= 15 is 0 Å². The minimum absolute atomic E-state index is 0.141. The maximum absolute atomic E-state index is 5.49.